The van der Waals surface area contributed by atoms with Gasteiger partial charge in [-0.3, -0.25) is 4.79 Å². The van der Waals surface area contributed by atoms with Crippen LogP contribution in [-0.4, -0.2) is 26.2 Å². The van der Waals surface area contributed by atoms with E-state index in [0.29, 0.717) is 12.2 Å². The molecule has 0 radical (unpaired) electrons. The van der Waals surface area contributed by atoms with E-state index in [4.69, 9.17) is 0 Å². The number of aryl methyl sites for hydroxylation is 1. The molecule has 1 aromatic carbocycles. The number of carbonyl (C=O) groups is 1. The van der Waals surface area contributed by atoms with Crippen LogP contribution in [0.15, 0.2) is 47.1 Å². The highest BCUT2D eigenvalue weighted by Crippen LogP contribution is 2.24. The Morgan fingerprint density at radius 1 is 1.25 bits per heavy atom. The van der Waals surface area contributed by atoms with Crippen molar-refractivity contribution in [3.8, 4) is 0 Å². The monoisotopic (exact) mass is 356 g/mol. The van der Waals surface area contributed by atoms with Crippen LogP contribution in [0.2, 0.25) is 0 Å². The van der Waals surface area contributed by atoms with Crippen molar-refractivity contribution in [1.29, 1.82) is 0 Å². The van der Waals surface area contributed by atoms with Crippen LogP contribution in [0.25, 0.3) is 0 Å². The van der Waals surface area contributed by atoms with E-state index < -0.39 is 0 Å². The molecule has 0 bridgehead atoms. The summed E-state index contributed by atoms with van der Waals surface area (Å²) in [6.07, 6.45) is 2.77. The summed E-state index contributed by atoms with van der Waals surface area (Å²) in [6.45, 7) is 1.43. The number of aromatic nitrogens is 3. The Kier molecular flexibility index (Phi) is 4.36. The Labute approximate surface area is 148 Å². The average molecular weight is 356 g/mol. The first kappa shape index (κ1) is 15.4. The number of imidazole rings is 1. The van der Waals surface area contributed by atoms with Crippen molar-refractivity contribution in [3.05, 3.63) is 63.9 Å². The third-order valence-electron chi connectivity index (χ3n) is 3.77. The molecule has 0 saturated heterocycles. The van der Waals surface area contributed by atoms with Crippen molar-refractivity contribution in [3.63, 3.8) is 0 Å². The molecule has 0 atom stereocenters. The summed E-state index contributed by atoms with van der Waals surface area (Å²) in [4.78, 5) is 21.2. The molecule has 7 heteroatoms. The van der Waals surface area contributed by atoms with Gasteiger partial charge < -0.3 is 9.88 Å². The first-order chi connectivity index (χ1) is 11.8. The summed E-state index contributed by atoms with van der Waals surface area (Å²) in [5.74, 6) is 0.934. The molecular formula is C17H16N4OS2. The van der Waals surface area contributed by atoms with Crippen molar-refractivity contribution in [2.75, 3.05) is 5.75 Å². The molecule has 0 aliphatic carbocycles. The molecule has 122 valence electrons. The first-order valence-corrected chi connectivity index (χ1v) is 9.60. The van der Waals surface area contributed by atoms with E-state index in [-0.39, 0.29) is 5.91 Å². The van der Waals surface area contributed by atoms with Crippen LogP contribution >= 0.6 is 23.1 Å². The number of benzene rings is 1. The number of amides is 1. The summed E-state index contributed by atoms with van der Waals surface area (Å²) < 4.78 is 2.13. The first-order valence-electron chi connectivity index (χ1n) is 7.73. The summed E-state index contributed by atoms with van der Waals surface area (Å²) in [6, 6.07) is 10.1. The van der Waals surface area contributed by atoms with E-state index in [1.54, 1.807) is 11.8 Å². The minimum absolute atomic E-state index is 0.147. The highest BCUT2D eigenvalue weighted by Gasteiger charge is 2.16. The highest BCUT2D eigenvalue weighted by molar-refractivity contribution is 7.99. The van der Waals surface area contributed by atoms with Crippen LogP contribution in [0.5, 0.6) is 0 Å². The maximum absolute atomic E-state index is 12.3. The number of thioether (sulfide) groups is 1. The molecule has 3 heterocycles. The number of nitrogens with zero attached hydrogens (tertiary/aromatic N) is 3. The van der Waals surface area contributed by atoms with Crippen molar-refractivity contribution in [2.24, 2.45) is 0 Å². The molecule has 0 spiro atoms. The molecule has 0 unspecified atom stereocenters. The van der Waals surface area contributed by atoms with Crippen LogP contribution in [0.4, 0.5) is 0 Å². The fraction of sp³-hybridized carbons (Fsp3) is 0.235. The van der Waals surface area contributed by atoms with Gasteiger partial charge in [-0.15, -0.1) is 11.3 Å². The van der Waals surface area contributed by atoms with E-state index in [9.17, 15) is 4.79 Å². The second-order valence-electron chi connectivity index (χ2n) is 5.53. The summed E-state index contributed by atoms with van der Waals surface area (Å²) in [7, 11) is 0. The minimum Gasteiger partial charge on any atom is -0.345 e. The maximum atomic E-state index is 12.3. The Morgan fingerprint density at radius 3 is 2.96 bits per heavy atom. The van der Waals surface area contributed by atoms with Crippen LogP contribution < -0.4 is 5.32 Å². The lowest BCUT2D eigenvalue weighted by atomic mass is 10.2. The van der Waals surface area contributed by atoms with Crippen molar-refractivity contribution >= 4 is 29.0 Å². The predicted molar refractivity (Wildman–Crippen MR) is 95.5 cm³/mol. The van der Waals surface area contributed by atoms with Crippen molar-refractivity contribution in [1.82, 2.24) is 19.9 Å². The number of hydrogen-bond acceptors (Lipinski definition) is 5. The summed E-state index contributed by atoms with van der Waals surface area (Å²) in [5, 5.41) is 6.71. The van der Waals surface area contributed by atoms with Crippen LogP contribution in [0.1, 0.15) is 26.8 Å². The molecule has 0 saturated carbocycles. The zero-order valence-corrected chi connectivity index (χ0v) is 14.6. The zero-order valence-electron chi connectivity index (χ0n) is 12.9. The Bertz CT molecular complexity index is 835. The zero-order chi connectivity index (χ0) is 16.4. The second kappa shape index (κ2) is 6.78. The highest BCUT2D eigenvalue weighted by atomic mass is 32.2. The summed E-state index contributed by atoms with van der Waals surface area (Å²) >= 11 is 3.27. The maximum Gasteiger partial charge on any atom is 0.271 e. The van der Waals surface area contributed by atoms with Gasteiger partial charge in [0.2, 0.25) is 0 Å². The van der Waals surface area contributed by atoms with Crippen molar-refractivity contribution < 1.29 is 4.79 Å². The molecular weight excluding hydrogens is 340 g/mol. The molecule has 4 rings (SSSR count). The molecule has 1 aliphatic heterocycles. The van der Waals surface area contributed by atoms with Gasteiger partial charge in [0.15, 0.2) is 5.16 Å². The van der Waals surface area contributed by atoms with Gasteiger partial charge in [-0.2, -0.15) is 0 Å². The van der Waals surface area contributed by atoms with Gasteiger partial charge in [0.25, 0.3) is 5.91 Å². The van der Waals surface area contributed by atoms with Crippen LogP contribution in [0, 0.1) is 0 Å². The Balaban J connectivity index is 1.36. The largest absolute Gasteiger partial charge is 0.345 e. The smallest absolute Gasteiger partial charge is 0.271 e. The topological polar surface area (TPSA) is 59.8 Å². The Morgan fingerprint density at radius 2 is 2.12 bits per heavy atom. The standard InChI is InChI=1S/C17H16N4OS2/c22-16(18-9-13-10-21-6-7-23-17(21)19-13)14-11-24-15(20-14)8-12-4-2-1-3-5-12/h1-5,10-11H,6-9H2,(H,18,22). The van der Waals surface area contributed by atoms with Gasteiger partial charge in [0.1, 0.15) is 5.69 Å². The lowest BCUT2D eigenvalue weighted by Crippen LogP contribution is -2.23. The number of fused-ring (bicyclic) bond motifs is 1. The molecule has 1 amide bonds. The fourth-order valence-corrected chi connectivity index (χ4v) is 4.35. The van der Waals surface area contributed by atoms with Gasteiger partial charge in [-0.25, -0.2) is 9.97 Å². The molecule has 3 aromatic rings. The minimum atomic E-state index is -0.147. The van der Waals surface area contributed by atoms with E-state index in [0.717, 1.165) is 34.6 Å². The van der Waals surface area contributed by atoms with Crippen molar-refractivity contribution in [2.45, 2.75) is 24.7 Å². The quantitative estimate of drug-likeness (QED) is 0.763. The number of thiazole rings is 1. The van der Waals surface area contributed by atoms with Gasteiger partial charge in [-0.1, -0.05) is 42.1 Å². The van der Waals surface area contributed by atoms with Gasteiger partial charge in [0, 0.05) is 30.3 Å². The van der Waals surface area contributed by atoms with E-state index >= 15 is 0 Å². The van der Waals surface area contributed by atoms with Crippen LogP contribution in [0.3, 0.4) is 0 Å². The van der Waals surface area contributed by atoms with E-state index in [1.165, 1.54) is 16.9 Å². The molecule has 24 heavy (non-hydrogen) atoms. The normalized spacial score (nSPS) is 13.0. The SMILES string of the molecule is O=C(NCc1cn2c(n1)SCC2)c1csc(Cc2ccccc2)n1. The van der Waals surface area contributed by atoms with E-state index in [2.05, 4.69) is 32.0 Å². The van der Waals surface area contributed by atoms with E-state index in [1.807, 2.05) is 29.8 Å². The predicted octanol–water partition coefficient (Wildman–Crippen LogP) is 2.97. The second-order valence-corrected chi connectivity index (χ2v) is 7.53. The molecule has 2 aromatic heterocycles. The Hall–Kier alpha value is -2.12. The molecule has 1 N–H and O–H groups in total. The van der Waals surface area contributed by atoms with Gasteiger partial charge in [-0.05, 0) is 5.56 Å². The molecule has 1 aliphatic rings. The third-order valence-corrected chi connectivity index (χ3v) is 5.59. The fourth-order valence-electron chi connectivity index (χ4n) is 2.58. The average Bonchev–Trinajstić information content (AvgIpc) is 3.29. The molecule has 5 nitrogen and oxygen atoms in total. The number of nitrogens with one attached hydrogen (secondary N) is 1. The third kappa shape index (κ3) is 3.37. The summed E-state index contributed by atoms with van der Waals surface area (Å²) in [5.41, 5.74) is 2.57. The number of carbonyl (C=O) groups excluding carboxylic acids is 1. The lowest BCUT2D eigenvalue weighted by Gasteiger charge is -2.00. The van der Waals surface area contributed by atoms with Crippen LogP contribution in [-0.2, 0) is 19.5 Å². The lowest BCUT2D eigenvalue weighted by molar-refractivity contribution is 0.0946. The molecule has 0 fully saturated rings. The number of hydrogen-bond donors (Lipinski definition) is 1. The van der Waals surface area contributed by atoms with Gasteiger partial charge >= 0.3 is 0 Å². The van der Waals surface area contributed by atoms with Gasteiger partial charge in [0.05, 0.1) is 17.2 Å². The number of rotatable bonds is 5.